The third-order valence-corrected chi connectivity index (χ3v) is 4.94. The van der Waals surface area contributed by atoms with E-state index in [2.05, 4.69) is 41.4 Å². The summed E-state index contributed by atoms with van der Waals surface area (Å²) in [7, 11) is -2.22. The average Bonchev–Trinajstić information content (AvgIpc) is 2.93. The van der Waals surface area contributed by atoms with E-state index >= 15 is 0 Å². The summed E-state index contributed by atoms with van der Waals surface area (Å²) in [4.78, 5) is 8.15. The number of rotatable bonds is 6. The summed E-state index contributed by atoms with van der Waals surface area (Å²) in [5.41, 5.74) is 0. The minimum Gasteiger partial charge on any atom is -0.369 e. The van der Waals surface area contributed by atoms with Gasteiger partial charge in [-0.2, -0.15) is 9.40 Å². The molecule has 0 aliphatic carbocycles. The Labute approximate surface area is 131 Å². The molecule has 2 rings (SSSR count). The van der Waals surface area contributed by atoms with Crippen molar-refractivity contribution < 1.29 is 8.42 Å². The molecule has 2 N–H and O–H groups in total. The summed E-state index contributed by atoms with van der Waals surface area (Å²) >= 11 is 3.25. The van der Waals surface area contributed by atoms with Crippen LogP contribution in [0.2, 0.25) is 0 Å². The van der Waals surface area contributed by atoms with Gasteiger partial charge >= 0.3 is 0 Å². The molecule has 2 heterocycles. The number of H-pyrrole nitrogens is 1. The average molecular weight is 375 g/mol. The van der Waals surface area contributed by atoms with Gasteiger partial charge in [-0.05, 0) is 28.9 Å². The molecule has 0 bridgehead atoms. The van der Waals surface area contributed by atoms with E-state index in [4.69, 9.17) is 0 Å². The van der Waals surface area contributed by atoms with Crippen molar-refractivity contribution in [2.45, 2.75) is 18.4 Å². The Bertz CT molecular complexity index is 704. The van der Waals surface area contributed by atoms with Crippen LogP contribution in [-0.4, -0.2) is 46.5 Å². The van der Waals surface area contributed by atoms with Crippen LogP contribution in [0, 0.1) is 0 Å². The van der Waals surface area contributed by atoms with Crippen molar-refractivity contribution in [1.29, 1.82) is 0 Å². The van der Waals surface area contributed by atoms with Gasteiger partial charge in [-0.15, -0.1) is 0 Å². The second kappa shape index (κ2) is 6.50. The van der Waals surface area contributed by atoms with E-state index in [1.807, 2.05) is 6.92 Å². The molecule has 0 spiro atoms. The van der Waals surface area contributed by atoms with Crippen molar-refractivity contribution in [3.63, 3.8) is 0 Å². The van der Waals surface area contributed by atoms with E-state index in [-0.39, 0.29) is 11.4 Å². The molecule has 114 valence electrons. The van der Waals surface area contributed by atoms with Gasteiger partial charge in [0.25, 0.3) is 0 Å². The Kier molecular flexibility index (Phi) is 4.91. The van der Waals surface area contributed by atoms with E-state index in [0.29, 0.717) is 22.7 Å². The van der Waals surface area contributed by atoms with Gasteiger partial charge < -0.3 is 5.32 Å². The lowest BCUT2D eigenvalue weighted by molar-refractivity contribution is 0.457. The summed E-state index contributed by atoms with van der Waals surface area (Å²) < 4.78 is 27.1. The predicted octanol–water partition coefficient (Wildman–Crippen LogP) is 1.21. The first kappa shape index (κ1) is 15.9. The summed E-state index contributed by atoms with van der Waals surface area (Å²) in [6.07, 6.45) is 2.88. The van der Waals surface area contributed by atoms with Crippen molar-refractivity contribution in [3.05, 3.63) is 28.9 Å². The largest absolute Gasteiger partial charge is 0.369 e. The number of aromatic nitrogens is 4. The minimum atomic E-state index is -3.70. The monoisotopic (exact) mass is 374 g/mol. The number of anilines is 1. The van der Waals surface area contributed by atoms with Crippen molar-refractivity contribution >= 4 is 31.8 Å². The topological polar surface area (TPSA) is 104 Å². The van der Waals surface area contributed by atoms with E-state index in [9.17, 15) is 8.42 Å². The Morgan fingerprint density at radius 2 is 2.19 bits per heavy atom. The van der Waals surface area contributed by atoms with Crippen LogP contribution in [0.5, 0.6) is 0 Å². The normalized spacial score (nSPS) is 11.8. The van der Waals surface area contributed by atoms with Crippen molar-refractivity contribution in [2.24, 2.45) is 0 Å². The molecular weight excluding hydrogens is 360 g/mol. The Morgan fingerprint density at radius 1 is 1.43 bits per heavy atom. The van der Waals surface area contributed by atoms with Crippen LogP contribution in [-0.2, 0) is 16.6 Å². The number of halogens is 1. The standard InChI is InChI=1S/C11H15BrN6O2S/c1-3-13-11-9(4-8(12)5-14-11)21(19,20)18(2)6-10-15-7-16-17-10/h4-5,7H,3,6H2,1-2H3,(H,13,14)(H,15,16,17). The number of nitrogens with zero attached hydrogens (tertiary/aromatic N) is 4. The zero-order chi connectivity index (χ0) is 15.5. The summed E-state index contributed by atoms with van der Waals surface area (Å²) in [5, 5.41) is 9.29. The molecule has 0 amide bonds. The quantitative estimate of drug-likeness (QED) is 0.787. The molecule has 8 nitrogen and oxygen atoms in total. The summed E-state index contributed by atoms with van der Waals surface area (Å²) in [6.45, 7) is 2.54. The fourth-order valence-corrected chi connectivity index (χ4v) is 3.44. The highest BCUT2D eigenvalue weighted by atomic mass is 79.9. The number of sulfonamides is 1. The maximum absolute atomic E-state index is 12.7. The number of hydrogen-bond donors (Lipinski definition) is 2. The van der Waals surface area contributed by atoms with Crippen LogP contribution in [0.25, 0.3) is 0 Å². The lowest BCUT2D eigenvalue weighted by atomic mass is 10.4. The predicted molar refractivity (Wildman–Crippen MR) is 81.1 cm³/mol. The van der Waals surface area contributed by atoms with E-state index in [1.165, 1.54) is 23.7 Å². The molecular formula is C11H15BrN6O2S. The molecule has 0 saturated carbocycles. The third kappa shape index (κ3) is 3.57. The van der Waals surface area contributed by atoms with E-state index in [1.54, 1.807) is 6.20 Å². The highest BCUT2D eigenvalue weighted by Crippen LogP contribution is 2.25. The fraction of sp³-hybridized carbons (Fsp3) is 0.364. The van der Waals surface area contributed by atoms with Gasteiger partial charge in [0.15, 0.2) is 0 Å². The number of nitrogens with one attached hydrogen (secondary N) is 2. The molecule has 0 saturated heterocycles. The lowest BCUT2D eigenvalue weighted by Crippen LogP contribution is -2.28. The highest BCUT2D eigenvalue weighted by Gasteiger charge is 2.26. The maximum Gasteiger partial charge on any atom is 0.246 e. The highest BCUT2D eigenvalue weighted by molar-refractivity contribution is 9.10. The molecule has 0 aliphatic rings. The van der Waals surface area contributed by atoms with Gasteiger partial charge in [-0.1, -0.05) is 0 Å². The first-order valence-corrected chi connectivity index (χ1v) is 8.38. The fourth-order valence-electron chi connectivity index (χ4n) is 1.69. The van der Waals surface area contributed by atoms with Crippen molar-refractivity contribution in [2.75, 3.05) is 18.9 Å². The second-order valence-corrected chi connectivity index (χ2v) is 7.15. The first-order chi connectivity index (χ1) is 9.95. The Morgan fingerprint density at radius 3 is 2.81 bits per heavy atom. The van der Waals surface area contributed by atoms with Crippen LogP contribution in [0.1, 0.15) is 12.7 Å². The van der Waals surface area contributed by atoms with Gasteiger partial charge in [0.2, 0.25) is 10.0 Å². The number of hydrogen-bond acceptors (Lipinski definition) is 6. The lowest BCUT2D eigenvalue weighted by Gasteiger charge is -2.18. The SMILES string of the molecule is CCNc1ncc(Br)cc1S(=O)(=O)N(C)Cc1ncn[nH]1. The molecule has 0 aromatic carbocycles. The number of aromatic amines is 1. The van der Waals surface area contributed by atoms with E-state index in [0.717, 1.165) is 0 Å². The molecule has 0 atom stereocenters. The van der Waals surface area contributed by atoms with Crippen molar-refractivity contribution in [3.8, 4) is 0 Å². The summed E-state index contributed by atoms with van der Waals surface area (Å²) in [5.74, 6) is 0.791. The molecule has 0 fully saturated rings. The molecule has 2 aromatic heterocycles. The number of pyridine rings is 1. The zero-order valence-corrected chi connectivity index (χ0v) is 13.9. The first-order valence-electron chi connectivity index (χ1n) is 6.15. The smallest absolute Gasteiger partial charge is 0.246 e. The molecule has 0 aliphatic heterocycles. The van der Waals surface area contributed by atoms with Crippen LogP contribution in [0.3, 0.4) is 0 Å². The molecule has 2 aromatic rings. The van der Waals surface area contributed by atoms with E-state index < -0.39 is 10.0 Å². The van der Waals surface area contributed by atoms with Crippen molar-refractivity contribution in [1.82, 2.24) is 24.5 Å². The maximum atomic E-state index is 12.7. The molecule has 0 unspecified atom stereocenters. The van der Waals surface area contributed by atoms with Crippen LogP contribution < -0.4 is 5.32 Å². The summed E-state index contributed by atoms with van der Waals surface area (Å²) in [6, 6.07) is 1.53. The molecule has 0 radical (unpaired) electrons. The Hall–Kier alpha value is -1.52. The van der Waals surface area contributed by atoms with Gasteiger partial charge in [0.05, 0.1) is 6.54 Å². The van der Waals surface area contributed by atoms with Crippen LogP contribution >= 0.6 is 15.9 Å². The van der Waals surface area contributed by atoms with Gasteiger partial charge in [-0.25, -0.2) is 18.4 Å². The second-order valence-electron chi connectivity index (χ2n) is 4.22. The Balaban J connectivity index is 2.36. The molecule has 21 heavy (non-hydrogen) atoms. The van der Waals surface area contributed by atoms with Gasteiger partial charge in [0.1, 0.15) is 22.9 Å². The zero-order valence-electron chi connectivity index (χ0n) is 11.5. The van der Waals surface area contributed by atoms with Gasteiger partial charge in [0, 0.05) is 24.3 Å². The molecule has 10 heteroatoms. The third-order valence-electron chi connectivity index (χ3n) is 2.69. The van der Waals surface area contributed by atoms with Crippen LogP contribution in [0.4, 0.5) is 5.82 Å². The van der Waals surface area contributed by atoms with Crippen LogP contribution in [0.15, 0.2) is 28.0 Å². The van der Waals surface area contributed by atoms with Gasteiger partial charge in [-0.3, -0.25) is 5.10 Å². The minimum absolute atomic E-state index is 0.0976.